The lowest BCUT2D eigenvalue weighted by atomic mass is 9.84. The maximum Gasteiger partial charge on any atom is 0.338 e. The van der Waals surface area contributed by atoms with E-state index in [1.165, 1.54) is 37.8 Å². The summed E-state index contributed by atoms with van der Waals surface area (Å²) in [4.78, 5) is 23.9. The third kappa shape index (κ3) is 3.59. The van der Waals surface area contributed by atoms with E-state index in [0.717, 1.165) is 11.8 Å². The fourth-order valence-corrected chi connectivity index (χ4v) is 4.20. The Balaban J connectivity index is 1.45. The first kappa shape index (κ1) is 16.5. The van der Waals surface area contributed by atoms with Gasteiger partial charge >= 0.3 is 5.97 Å². The van der Waals surface area contributed by atoms with Crippen LogP contribution in [0.1, 0.15) is 48.5 Å². The minimum Gasteiger partial charge on any atom is -0.452 e. The zero-order valence-electron chi connectivity index (χ0n) is 13.8. The Morgan fingerprint density at radius 1 is 1.29 bits per heavy atom. The van der Waals surface area contributed by atoms with E-state index in [-0.39, 0.29) is 18.6 Å². The van der Waals surface area contributed by atoms with Gasteiger partial charge in [-0.1, -0.05) is 6.42 Å². The summed E-state index contributed by atoms with van der Waals surface area (Å²) in [5.41, 5.74) is 0.812. The molecule has 3 rings (SSSR count). The number of hydrogen-bond acceptors (Lipinski definition) is 4. The number of nitrogens with zero attached hydrogens (tertiary/aromatic N) is 1. The summed E-state index contributed by atoms with van der Waals surface area (Å²) in [6.45, 7) is 1.77. The van der Waals surface area contributed by atoms with Gasteiger partial charge in [0.15, 0.2) is 6.61 Å². The molecule has 0 aromatic heterocycles. The monoisotopic (exact) mass is 326 g/mol. The van der Waals surface area contributed by atoms with Gasteiger partial charge < -0.3 is 10.1 Å². The fourth-order valence-electron chi connectivity index (χ4n) is 4.20. The first-order valence-corrected chi connectivity index (χ1v) is 8.53. The molecule has 0 aliphatic heterocycles. The molecule has 0 heterocycles. The van der Waals surface area contributed by atoms with Gasteiger partial charge in [-0.3, -0.25) is 4.79 Å². The summed E-state index contributed by atoms with van der Waals surface area (Å²) < 4.78 is 5.05. The third-order valence-corrected chi connectivity index (χ3v) is 5.41. The van der Waals surface area contributed by atoms with E-state index < -0.39 is 5.97 Å². The Hall–Kier alpha value is -2.35. The van der Waals surface area contributed by atoms with Crippen molar-refractivity contribution < 1.29 is 14.3 Å². The van der Waals surface area contributed by atoms with E-state index in [4.69, 9.17) is 10.00 Å². The molecule has 1 amide bonds. The molecule has 5 heteroatoms. The molecule has 1 aromatic rings. The average Bonchev–Trinajstić information content (AvgIpc) is 3.23. The molecule has 5 nitrogen and oxygen atoms in total. The lowest BCUT2D eigenvalue weighted by Crippen LogP contribution is -2.42. The zero-order chi connectivity index (χ0) is 17.1. The summed E-state index contributed by atoms with van der Waals surface area (Å²) in [5, 5.41) is 11.7. The number of hydrogen-bond donors (Lipinski definition) is 1. The van der Waals surface area contributed by atoms with Gasteiger partial charge in [0.25, 0.3) is 5.91 Å². The summed E-state index contributed by atoms with van der Waals surface area (Å²) in [7, 11) is 0. The lowest BCUT2D eigenvalue weighted by Gasteiger charge is -2.28. The number of amides is 1. The van der Waals surface area contributed by atoms with Crippen LogP contribution in [0.4, 0.5) is 0 Å². The molecule has 1 N–H and O–H groups in total. The standard InChI is InChI=1S/C19H22N2O3/c1-12(17-9-14-4-7-16(17)8-14)21-18(22)11-24-19(23)15-5-2-13(10-20)3-6-15/h2-3,5-6,12,14,16-17H,4,7-9,11H2,1H3,(H,21,22)/t12-,14+,16+,17+/m1/s1. The van der Waals surface area contributed by atoms with Crippen LogP contribution >= 0.6 is 0 Å². The normalized spacial score (nSPS) is 25.8. The van der Waals surface area contributed by atoms with Crippen molar-refractivity contribution in [2.24, 2.45) is 17.8 Å². The van der Waals surface area contributed by atoms with Crippen molar-refractivity contribution in [1.29, 1.82) is 5.26 Å². The predicted octanol–water partition coefficient (Wildman–Crippen LogP) is 2.66. The molecule has 0 unspecified atom stereocenters. The first-order chi connectivity index (χ1) is 11.6. The number of ether oxygens (including phenoxy) is 1. The highest BCUT2D eigenvalue weighted by molar-refractivity contribution is 5.91. The number of nitriles is 1. The van der Waals surface area contributed by atoms with Gasteiger partial charge in [0.2, 0.25) is 0 Å². The number of benzene rings is 1. The van der Waals surface area contributed by atoms with Crippen molar-refractivity contribution in [2.75, 3.05) is 6.61 Å². The molecule has 0 radical (unpaired) electrons. The van der Waals surface area contributed by atoms with Crippen LogP contribution in [0.3, 0.4) is 0 Å². The lowest BCUT2D eigenvalue weighted by molar-refractivity contribution is -0.125. The number of nitrogens with one attached hydrogen (secondary N) is 1. The summed E-state index contributed by atoms with van der Waals surface area (Å²) >= 11 is 0. The molecule has 2 aliphatic carbocycles. The number of carbonyl (C=O) groups is 2. The van der Waals surface area contributed by atoms with Gasteiger partial charge in [0.1, 0.15) is 0 Å². The topological polar surface area (TPSA) is 79.2 Å². The Morgan fingerprint density at radius 2 is 2.04 bits per heavy atom. The molecule has 126 valence electrons. The molecule has 24 heavy (non-hydrogen) atoms. The highest BCUT2D eigenvalue weighted by Gasteiger charge is 2.42. The highest BCUT2D eigenvalue weighted by Crippen LogP contribution is 2.49. The quantitative estimate of drug-likeness (QED) is 0.844. The van der Waals surface area contributed by atoms with Gasteiger partial charge in [0, 0.05) is 6.04 Å². The zero-order valence-corrected chi connectivity index (χ0v) is 13.8. The molecule has 0 saturated heterocycles. The molecular formula is C19H22N2O3. The van der Waals surface area contributed by atoms with E-state index in [2.05, 4.69) is 5.32 Å². The molecule has 2 aliphatic rings. The smallest absolute Gasteiger partial charge is 0.338 e. The largest absolute Gasteiger partial charge is 0.452 e. The van der Waals surface area contributed by atoms with E-state index in [9.17, 15) is 9.59 Å². The van der Waals surface area contributed by atoms with Crippen LogP contribution in [0.2, 0.25) is 0 Å². The number of rotatable bonds is 5. The Morgan fingerprint density at radius 3 is 2.62 bits per heavy atom. The molecule has 0 spiro atoms. The van der Waals surface area contributed by atoms with E-state index in [1.54, 1.807) is 12.1 Å². The minimum atomic E-state index is -0.554. The molecule has 2 bridgehead atoms. The van der Waals surface area contributed by atoms with Crippen molar-refractivity contribution in [2.45, 2.75) is 38.6 Å². The Kier molecular flexibility index (Phi) is 4.84. The number of fused-ring (bicyclic) bond motifs is 2. The predicted molar refractivity (Wildman–Crippen MR) is 88.0 cm³/mol. The van der Waals surface area contributed by atoms with Crippen LogP contribution in [-0.4, -0.2) is 24.5 Å². The van der Waals surface area contributed by atoms with Crippen molar-refractivity contribution in [3.8, 4) is 6.07 Å². The molecule has 1 aromatic carbocycles. The molecule has 2 fully saturated rings. The Labute approximate surface area is 142 Å². The summed E-state index contributed by atoms with van der Waals surface area (Å²) in [6, 6.07) is 8.26. The van der Waals surface area contributed by atoms with E-state index >= 15 is 0 Å². The summed E-state index contributed by atoms with van der Waals surface area (Å²) in [5.74, 6) is 1.33. The average molecular weight is 326 g/mol. The maximum absolute atomic E-state index is 12.0. The SMILES string of the molecule is C[C@@H](NC(=O)COC(=O)c1ccc(C#N)cc1)[C@@H]1C[C@H]2CC[C@H]1C2. The maximum atomic E-state index is 12.0. The minimum absolute atomic E-state index is 0.126. The van der Waals surface area contributed by atoms with Crippen molar-refractivity contribution >= 4 is 11.9 Å². The first-order valence-electron chi connectivity index (χ1n) is 8.53. The van der Waals surface area contributed by atoms with Crippen LogP contribution in [-0.2, 0) is 9.53 Å². The number of esters is 1. The summed E-state index contributed by atoms with van der Waals surface area (Å²) in [6.07, 6.45) is 5.13. The van der Waals surface area contributed by atoms with Gasteiger partial charge in [-0.2, -0.15) is 5.26 Å². The second kappa shape index (κ2) is 7.04. The molecule has 2 saturated carbocycles. The van der Waals surface area contributed by atoms with Crippen molar-refractivity contribution in [3.05, 3.63) is 35.4 Å². The van der Waals surface area contributed by atoms with Crippen molar-refractivity contribution in [1.82, 2.24) is 5.32 Å². The molecule has 4 atom stereocenters. The van der Waals surface area contributed by atoms with Gasteiger partial charge in [-0.05, 0) is 68.2 Å². The molecular weight excluding hydrogens is 304 g/mol. The van der Waals surface area contributed by atoms with E-state index in [0.29, 0.717) is 17.0 Å². The second-order valence-corrected chi connectivity index (χ2v) is 6.96. The van der Waals surface area contributed by atoms with Crippen molar-refractivity contribution in [3.63, 3.8) is 0 Å². The third-order valence-electron chi connectivity index (χ3n) is 5.41. The van der Waals surface area contributed by atoms with Gasteiger partial charge in [0.05, 0.1) is 17.2 Å². The van der Waals surface area contributed by atoms with Gasteiger partial charge in [-0.25, -0.2) is 4.79 Å². The number of carbonyl (C=O) groups excluding carboxylic acids is 2. The van der Waals surface area contributed by atoms with Gasteiger partial charge in [-0.15, -0.1) is 0 Å². The fraction of sp³-hybridized carbons (Fsp3) is 0.526. The van der Waals surface area contributed by atoms with E-state index in [1.807, 2.05) is 13.0 Å². The van der Waals surface area contributed by atoms with Crippen LogP contribution < -0.4 is 5.32 Å². The van der Waals surface area contributed by atoms with Crippen LogP contribution in [0.15, 0.2) is 24.3 Å². The second-order valence-electron chi connectivity index (χ2n) is 6.96. The van der Waals surface area contributed by atoms with Crippen LogP contribution in [0.5, 0.6) is 0 Å². The van der Waals surface area contributed by atoms with Crippen LogP contribution in [0.25, 0.3) is 0 Å². The van der Waals surface area contributed by atoms with Crippen LogP contribution in [0, 0.1) is 29.1 Å². The highest BCUT2D eigenvalue weighted by atomic mass is 16.5. The Bertz CT molecular complexity index is 662.